The molecule has 3 aromatic rings. The Bertz CT molecular complexity index is 1150. The number of thiazole rings is 1. The number of anilines is 1. The Morgan fingerprint density at radius 2 is 1.71 bits per heavy atom. The van der Waals surface area contributed by atoms with Gasteiger partial charge in [-0.2, -0.15) is 0 Å². The first-order valence-corrected chi connectivity index (χ1v) is 9.54. The van der Waals surface area contributed by atoms with Crippen LogP contribution in [0.1, 0.15) is 42.2 Å². The second kappa shape index (κ2) is 6.69. The third-order valence-corrected chi connectivity index (χ3v) is 5.49. The van der Waals surface area contributed by atoms with Crippen LogP contribution in [0, 0.1) is 13.8 Å². The molecule has 0 saturated heterocycles. The fourth-order valence-corrected chi connectivity index (χ4v) is 3.93. The van der Waals surface area contributed by atoms with Gasteiger partial charge in [0.1, 0.15) is 0 Å². The summed E-state index contributed by atoms with van der Waals surface area (Å²) in [6, 6.07) is 10.6. The maximum atomic E-state index is 12.6. The lowest BCUT2D eigenvalue weighted by molar-refractivity contribution is 0.0693. The Balaban J connectivity index is 1.56. The smallest absolute Gasteiger partial charge is 0.261 e. The van der Waals surface area contributed by atoms with Crippen molar-refractivity contribution in [2.75, 3.05) is 12.4 Å². The van der Waals surface area contributed by atoms with Gasteiger partial charge in [0, 0.05) is 23.6 Å². The number of amides is 3. The van der Waals surface area contributed by atoms with E-state index in [1.54, 1.807) is 0 Å². The minimum Gasteiger partial charge on any atom is -0.298 e. The number of benzene rings is 2. The van der Waals surface area contributed by atoms with E-state index in [4.69, 9.17) is 0 Å². The number of carbonyl (C=O) groups excluding carboxylic acids is 3. The standard InChI is InChI=1S/C21H17N3O3S/c1-11-4-6-14(12(2)8-11)17-10-28-21(22-17)23-18(25)13-5-7-15-16(9-13)20(27)24(3)19(15)26/h4-10H,1-3H3,(H,22,23,25). The molecule has 140 valence electrons. The number of nitrogens with zero attached hydrogens (tertiary/aromatic N) is 2. The zero-order chi connectivity index (χ0) is 20.0. The van der Waals surface area contributed by atoms with Crippen LogP contribution in [0.3, 0.4) is 0 Å². The normalized spacial score (nSPS) is 13.0. The molecule has 0 radical (unpaired) electrons. The number of carbonyl (C=O) groups is 3. The van der Waals surface area contributed by atoms with Crippen molar-refractivity contribution in [1.82, 2.24) is 9.88 Å². The van der Waals surface area contributed by atoms with Crippen LogP contribution in [-0.4, -0.2) is 34.7 Å². The van der Waals surface area contributed by atoms with Crippen molar-refractivity contribution < 1.29 is 14.4 Å². The molecule has 1 aliphatic heterocycles. The largest absolute Gasteiger partial charge is 0.298 e. The predicted molar refractivity (Wildman–Crippen MR) is 108 cm³/mol. The number of aromatic nitrogens is 1. The number of imide groups is 1. The van der Waals surface area contributed by atoms with E-state index in [0.29, 0.717) is 16.3 Å². The van der Waals surface area contributed by atoms with Gasteiger partial charge in [0.05, 0.1) is 16.8 Å². The Morgan fingerprint density at radius 3 is 2.46 bits per heavy atom. The van der Waals surface area contributed by atoms with E-state index in [1.165, 1.54) is 42.1 Å². The fourth-order valence-electron chi connectivity index (χ4n) is 3.23. The van der Waals surface area contributed by atoms with Gasteiger partial charge in [0.25, 0.3) is 17.7 Å². The molecule has 2 heterocycles. The molecule has 0 unspecified atom stereocenters. The highest BCUT2D eigenvalue weighted by Gasteiger charge is 2.33. The van der Waals surface area contributed by atoms with Gasteiger partial charge in [-0.05, 0) is 37.6 Å². The topological polar surface area (TPSA) is 79.4 Å². The molecular weight excluding hydrogens is 374 g/mol. The summed E-state index contributed by atoms with van der Waals surface area (Å²) in [7, 11) is 1.43. The molecule has 28 heavy (non-hydrogen) atoms. The van der Waals surface area contributed by atoms with Crippen molar-refractivity contribution in [3.63, 3.8) is 0 Å². The predicted octanol–water partition coefficient (Wildman–Crippen LogP) is 3.91. The first-order chi connectivity index (χ1) is 13.3. The van der Waals surface area contributed by atoms with Crippen LogP contribution in [-0.2, 0) is 0 Å². The number of fused-ring (bicyclic) bond motifs is 1. The van der Waals surface area contributed by atoms with Crippen LogP contribution < -0.4 is 5.32 Å². The van der Waals surface area contributed by atoms with Gasteiger partial charge in [0.2, 0.25) is 0 Å². The van der Waals surface area contributed by atoms with Crippen LogP contribution in [0.5, 0.6) is 0 Å². The molecule has 0 aliphatic carbocycles. The Hall–Kier alpha value is -3.32. The van der Waals surface area contributed by atoms with E-state index in [-0.39, 0.29) is 17.4 Å². The monoisotopic (exact) mass is 391 g/mol. The number of hydrogen-bond donors (Lipinski definition) is 1. The van der Waals surface area contributed by atoms with E-state index in [1.807, 2.05) is 31.4 Å². The lowest BCUT2D eigenvalue weighted by Gasteiger charge is -2.04. The average Bonchev–Trinajstić information content (AvgIpc) is 3.21. The molecule has 1 aromatic heterocycles. The molecule has 4 rings (SSSR count). The number of rotatable bonds is 3. The molecule has 0 bridgehead atoms. The summed E-state index contributed by atoms with van der Waals surface area (Å²) in [6.07, 6.45) is 0. The third kappa shape index (κ3) is 2.99. The highest BCUT2D eigenvalue weighted by molar-refractivity contribution is 7.14. The Morgan fingerprint density at radius 1 is 1.00 bits per heavy atom. The zero-order valence-electron chi connectivity index (χ0n) is 15.6. The highest BCUT2D eigenvalue weighted by atomic mass is 32.1. The summed E-state index contributed by atoms with van der Waals surface area (Å²) in [5, 5.41) is 5.13. The van der Waals surface area contributed by atoms with E-state index >= 15 is 0 Å². The summed E-state index contributed by atoms with van der Waals surface area (Å²) in [4.78, 5) is 42.2. The first kappa shape index (κ1) is 18.1. The Labute approximate surface area is 165 Å². The van der Waals surface area contributed by atoms with E-state index in [9.17, 15) is 14.4 Å². The van der Waals surface area contributed by atoms with Gasteiger partial charge in [-0.3, -0.25) is 24.6 Å². The van der Waals surface area contributed by atoms with Gasteiger partial charge in [-0.1, -0.05) is 23.8 Å². The molecule has 1 aliphatic rings. The molecule has 3 amide bonds. The van der Waals surface area contributed by atoms with Gasteiger partial charge in [-0.25, -0.2) is 4.98 Å². The quantitative estimate of drug-likeness (QED) is 0.687. The minimum absolute atomic E-state index is 0.246. The van der Waals surface area contributed by atoms with Gasteiger partial charge < -0.3 is 0 Å². The van der Waals surface area contributed by atoms with Crippen molar-refractivity contribution >= 4 is 34.2 Å². The van der Waals surface area contributed by atoms with Crippen molar-refractivity contribution in [2.24, 2.45) is 0 Å². The second-order valence-electron chi connectivity index (χ2n) is 6.74. The lowest BCUT2D eigenvalue weighted by Crippen LogP contribution is -2.24. The number of nitrogens with one attached hydrogen (secondary N) is 1. The maximum absolute atomic E-state index is 12.6. The molecule has 6 nitrogen and oxygen atoms in total. The van der Waals surface area contributed by atoms with Crippen molar-refractivity contribution in [3.05, 3.63) is 69.6 Å². The molecule has 0 spiro atoms. The van der Waals surface area contributed by atoms with Gasteiger partial charge in [-0.15, -0.1) is 11.3 Å². The van der Waals surface area contributed by atoms with E-state index < -0.39 is 5.91 Å². The summed E-state index contributed by atoms with van der Waals surface area (Å²) >= 11 is 1.33. The minimum atomic E-state index is -0.402. The summed E-state index contributed by atoms with van der Waals surface area (Å²) in [5.74, 6) is -1.13. The van der Waals surface area contributed by atoms with Crippen LogP contribution in [0.4, 0.5) is 5.13 Å². The maximum Gasteiger partial charge on any atom is 0.261 e. The van der Waals surface area contributed by atoms with Crippen LogP contribution >= 0.6 is 11.3 Å². The van der Waals surface area contributed by atoms with Crippen molar-refractivity contribution in [2.45, 2.75) is 13.8 Å². The van der Waals surface area contributed by atoms with Crippen LogP contribution in [0.25, 0.3) is 11.3 Å². The molecule has 0 saturated carbocycles. The van der Waals surface area contributed by atoms with E-state index in [0.717, 1.165) is 21.7 Å². The molecule has 0 atom stereocenters. The second-order valence-corrected chi connectivity index (χ2v) is 7.60. The van der Waals surface area contributed by atoms with Crippen LogP contribution in [0.15, 0.2) is 41.8 Å². The summed E-state index contributed by atoms with van der Waals surface area (Å²) < 4.78 is 0. The average molecular weight is 391 g/mol. The van der Waals surface area contributed by atoms with Gasteiger partial charge >= 0.3 is 0 Å². The zero-order valence-corrected chi connectivity index (χ0v) is 16.4. The third-order valence-electron chi connectivity index (χ3n) is 4.73. The van der Waals surface area contributed by atoms with Crippen molar-refractivity contribution in [3.8, 4) is 11.3 Å². The molecular formula is C21H17N3O3S. The Kier molecular flexibility index (Phi) is 4.31. The van der Waals surface area contributed by atoms with E-state index in [2.05, 4.69) is 16.4 Å². The summed E-state index contributed by atoms with van der Waals surface area (Å²) in [5.41, 5.74) is 4.99. The lowest BCUT2D eigenvalue weighted by atomic mass is 10.0. The number of aryl methyl sites for hydroxylation is 2. The molecule has 2 aromatic carbocycles. The highest BCUT2D eigenvalue weighted by Crippen LogP contribution is 2.29. The molecule has 7 heteroatoms. The fraction of sp³-hybridized carbons (Fsp3) is 0.143. The van der Waals surface area contributed by atoms with Gasteiger partial charge in [0.15, 0.2) is 5.13 Å². The summed E-state index contributed by atoms with van der Waals surface area (Å²) in [6.45, 7) is 4.07. The van der Waals surface area contributed by atoms with Crippen LogP contribution in [0.2, 0.25) is 0 Å². The first-order valence-electron chi connectivity index (χ1n) is 8.66. The SMILES string of the molecule is Cc1ccc(-c2csc(NC(=O)c3ccc4c(c3)C(=O)N(C)C4=O)n2)c(C)c1. The molecule has 0 fully saturated rings. The van der Waals surface area contributed by atoms with Crippen molar-refractivity contribution in [1.29, 1.82) is 0 Å². The number of hydrogen-bond acceptors (Lipinski definition) is 5. The molecule has 1 N–H and O–H groups in total.